The minimum absolute atomic E-state index is 0.0898. The second kappa shape index (κ2) is 26.9. The number of ether oxygens (including phenoxy) is 9. The minimum atomic E-state index is -4.87. The highest BCUT2D eigenvalue weighted by atomic mass is 32.2. The zero-order chi connectivity index (χ0) is 64.2. The van der Waals surface area contributed by atoms with Crippen LogP contribution in [0.25, 0.3) is 0 Å². The van der Waals surface area contributed by atoms with Crippen molar-refractivity contribution in [3.63, 3.8) is 0 Å². The van der Waals surface area contributed by atoms with E-state index in [2.05, 4.69) is 16.0 Å². The van der Waals surface area contributed by atoms with Gasteiger partial charge in [0.05, 0.1) is 42.4 Å². The van der Waals surface area contributed by atoms with Gasteiger partial charge in [-0.2, -0.15) is 4.31 Å². The average molecular weight is 1230 g/mol. The number of nitro groups is 1. The van der Waals surface area contributed by atoms with Crippen LogP contribution in [0.5, 0.6) is 5.75 Å². The van der Waals surface area contributed by atoms with Gasteiger partial charge in [0.15, 0.2) is 17.0 Å². The molecule has 28 nitrogen and oxygen atoms in total. The van der Waals surface area contributed by atoms with E-state index in [1.54, 1.807) is 96.9 Å². The first kappa shape index (κ1) is 69.7. The lowest BCUT2D eigenvalue weighted by molar-refractivity contribution is -0.387. The summed E-state index contributed by atoms with van der Waals surface area (Å²) in [5.74, 6) is -3.68. The number of esters is 1. The number of nitro benzene ring substituents is 1. The predicted octanol–water partition coefficient (Wildman–Crippen LogP) is 4.15. The summed E-state index contributed by atoms with van der Waals surface area (Å²) in [5, 5.41) is 67.8. The van der Waals surface area contributed by atoms with Crippen molar-refractivity contribution in [1.82, 2.24) is 25.2 Å². The van der Waals surface area contributed by atoms with E-state index in [0.29, 0.717) is 0 Å². The van der Waals surface area contributed by atoms with Crippen LogP contribution in [-0.4, -0.2) is 201 Å². The van der Waals surface area contributed by atoms with E-state index < -0.39 is 182 Å². The highest BCUT2D eigenvalue weighted by Gasteiger charge is 2.55. The van der Waals surface area contributed by atoms with Gasteiger partial charge in [0, 0.05) is 32.7 Å². The molecule has 3 fully saturated rings. The van der Waals surface area contributed by atoms with Crippen LogP contribution in [0.15, 0.2) is 47.4 Å². The Morgan fingerprint density at radius 1 is 0.812 bits per heavy atom. The van der Waals surface area contributed by atoms with Crippen LogP contribution in [0, 0.1) is 10.1 Å². The molecule has 2 aliphatic heterocycles. The van der Waals surface area contributed by atoms with Gasteiger partial charge in [-0.25, -0.2) is 27.6 Å². The molecule has 478 valence electrons. The first-order valence-corrected chi connectivity index (χ1v) is 29.2. The second-order valence-corrected chi connectivity index (χ2v) is 27.7. The molecule has 11 atom stereocenters. The van der Waals surface area contributed by atoms with Crippen LogP contribution in [0.4, 0.5) is 20.1 Å². The van der Waals surface area contributed by atoms with Crippen LogP contribution in [-0.2, 0) is 59.3 Å². The van der Waals surface area contributed by atoms with Crippen molar-refractivity contribution in [1.29, 1.82) is 0 Å². The summed E-state index contributed by atoms with van der Waals surface area (Å²) in [4.78, 5) is 80.3. The third-order valence-electron chi connectivity index (χ3n) is 13.0. The molecular formula is C56H86N6O22S. The molecule has 1 saturated carbocycles. The summed E-state index contributed by atoms with van der Waals surface area (Å²) >= 11 is 0. The molecular weight excluding hydrogens is 1140 g/mol. The normalized spacial score (nSPS) is 25.9. The van der Waals surface area contributed by atoms with Gasteiger partial charge in [0.25, 0.3) is 5.69 Å². The maximum atomic E-state index is 14.8. The fourth-order valence-electron chi connectivity index (χ4n) is 9.63. The quantitative estimate of drug-likeness (QED) is 0.0449. The van der Waals surface area contributed by atoms with Gasteiger partial charge >= 0.3 is 24.2 Å². The Kier molecular flexibility index (Phi) is 22.1. The van der Waals surface area contributed by atoms with Gasteiger partial charge in [0.1, 0.15) is 69.8 Å². The summed E-state index contributed by atoms with van der Waals surface area (Å²) in [6.07, 6.45) is -15.9. The van der Waals surface area contributed by atoms with Crippen LogP contribution < -0.4 is 20.7 Å². The summed E-state index contributed by atoms with van der Waals surface area (Å²) < 4.78 is 83.6. The maximum absolute atomic E-state index is 14.8. The van der Waals surface area contributed by atoms with E-state index in [1.807, 2.05) is 0 Å². The zero-order valence-corrected chi connectivity index (χ0v) is 52.0. The molecule has 2 aromatic rings. The van der Waals surface area contributed by atoms with E-state index in [9.17, 15) is 62.9 Å². The number of hydrogen-bond acceptors (Lipinski definition) is 22. The number of carbonyl (C=O) groups is 5. The first-order valence-electron chi connectivity index (χ1n) is 27.7. The summed E-state index contributed by atoms with van der Waals surface area (Å²) in [5.41, 5.74) is -7.41. The van der Waals surface area contributed by atoms with Crippen LogP contribution in [0.3, 0.4) is 0 Å². The van der Waals surface area contributed by atoms with E-state index >= 15 is 0 Å². The molecule has 29 heteroatoms. The highest BCUT2D eigenvalue weighted by molar-refractivity contribution is 7.89. The van der Waals surface area contributed by atoms with Crippen LogP contribution in [0.2, 0.25) is 0 Å². The Hall–Kier alpha value is -6.02. The second-order valence-electron chi connectivity index (χ2n) is 25.8. The van der Waals surface area contributed by atoms with Gasteiger partial charge in [-0.1, -0.05) is 24.3 Å². The number of aliphatic hydroxyl groups excluding tert-OH is 3. The van der Waals surface area contributed by atoms with Crippen molar-refractivity contribution in [3.8, 4) is 5.75 Å². The maximum Gasteiger partial charge on any atom is 0.410 e. The number of nitrogens with one attached hydrogen (secondary N) is 3. The molecule has 2 saturated heterocycles. The Morgan fingerprint density at radius 2 is 1.40 bits per heavy atom. The van der Waals surface area contributed by atoms with Crippen molar-refractivity contribution in [3.05, 3.63) is 63.7 Å². The molecule has 2 aromatic carbocycles. The number of rotatable bonds is 19. The van der Waals surface area contributed by atoms with Crippen LogP contribution in [0.1, 0.15) is 133 Å². The van der Waals surface area contributed by atoms with E-state index in [0.717, 1.165) is 21.3 Å². The monoisotopic (exact) mass is 1230 g/mol. The number of para-hydroxylation sites is 1. The Bertz CT molecular complexity index is 2830. The van der Waals surface area contributed by atoms with Crippen molar-refractivity contribution < 1.29 is 100 Å². The molecule has 2 heterocycles. The largest absolute Gasteiger partial charge is 0.485 e. The van der Waals surface area contributed by atoms with E-state index in [-0.39, 0.29) is 30.9 Å². The third-order valence-corrected chi connectivity index (χ3v) is 14.9. The van der Waals surface area contributed by atoms with E-state index in [1.165, 1.54) is 44.3 Å². The molecule has 85 heavy (non-hydrogen) atoms. The lowest BCUT2D eigenvalue weighted by Gasteiger charge is -2.50. The smallest absolute Gasteiger partial charge is 0.410 e. The lowest BCUT2D eigenvalue weighted by Crippen LogP contribution is -2.70. The number of alkyl carbamates (subject to hydrolysis) is 2. The van der Waals surface area contributed by atoms with Crippen molar-refractivity contribution in [2.24, 2.45) is 0 Å². The van der Waals surface area contributed by atoms with Crippen molar-refractivity contribution >= 4 is 45.9 Å². The summed E-state index contributed by atoms with van der Waals surface area (Å²) in [6.45, 7) is 21.6. The van der Waals surface area contributed by atoms with Gasteiger partial charge in [-0.15, -0.1) is 0 Å². The fraction of sp³-hybridized carbons (Fsp3) is 0.696. The number of aliphatic hydroxyl groups is 4. The summed E-state index contributed by atoms with van der Waals surface area (Å²) in [6, 6.07) is 4.27. The molecule has 0 spiro atoms. The van der Waals surface area contributed by atoms with E-state index in [4.69, 9.17) is 42.6 Å². The number of amides is 4. The predicted molar refractivity (Wildman–Crippen MR) is 301 cm³/mol. The molecule has 0 bridgehead atoms. The first-order chi connectivity index (χ1) is 38.9. The number of sulfonamides is 1. The Morgan fingerprint density at radius 3 is 1.98 bits per heavy atom. The molecule has 0 radical (unpaired) electrons. The molecule has 5 rings (SSSR count). The fourth-order valence-corrected chi connectivity index (χ4v) is 11.2. The van der Waals surface area contributed by atoms with Crippen LogP contribution >= 0.6 is 0 Å². The number of nitrogens with zero attached hydrogens (tertiary/aromatic N) is 3. The minimum Gasteiger partial charge on any atom is -0.485 e. The van der Waals surface area contributed by atoms with Gasteiger partial charge in [-0.3, -0.25) is 14.9 Å². The SMILES string of the molecule is CN(C(=O)OC(C)(C)C)[C@@H]1[C@@H](O)[C@@H](O[C@@H]2[C@@H](O)[C@H](Oc3cccc(CN(CC4COC(C)(C)O4)S(=O)(=O)c4ccccc4[N+](=O)[O-])c3C(=O)OC(C)(C)C)[C@@H](NC(=O)OC(C)(C)C)C[C@H]2NC(=O)C(O)CCNC(=O)OC(C)(C)C)OC[C@]1(C)O. The number of carbonyl (C=O) groups excluding carboxylic acids is 5. The standard InChI is InChI=1S/C56H86N6O22S/c1-51(2,3)81-46(67)39-31(27-61(28-32-29-77-55(13,14)80-32)85(74,75)38-23-18-17-21-35(38)62(72)73)20-19-22-37(39)78-42-34(59-49(69)83-53(7,8)9)26-33(58-45(66)36(63)24-25-57-48(68)82-52(4,5)6)43(40(42)64)79-47-41(65)44(56(15,71)30-76-47)60(16)50(70)84-54(10,11)12/h17-23,32-34,36,40-44,47,63-65,71H,24-30H2,1-16H3,(H,57,68)(H,58,66)(H,59,69)/t32?,33-,34+,36?,40+,41-,42-,43+,44-,47-,56+/m1/s1. The molecule has 7 N–H and O–H groups in total. The number of hydrogen-bond donors (Lipinski definition) is 7. The van der Waals surface area contributed by atoms with Gasteiger partial charge in [-0.05, 0) is 134 Å². The van der Waals surface area contributed by atoms with Gasteiger partial charge in [0.2, 0.25) is 15.9 Å². The molecule has 4 amide bonds. The Balaban J connectivity index is 1.67. The molecule has 0 aromatic heterocycles. The van der Waals surface area contributed by atoms with Gasteiger partial charge < -0.3 is 83.9 Å². The number of likely N-dealkylation sites (N-methyl/N-ethyl adjacent to an activating group) is 1. The lowest BCUT2D eigenvalue weighted by atomic mass is 9.82. The zero-order valence-electron chi connectivity index (χ0n) is 51.2. The molecule has 1 aliphatic carbocycles. The highest BCUT2D eigenvalue weighted by Crippen LogP contribution is 2.38. The summed E-state index contributed by atoms with van der Waals surface area (Å²) in [7, 11) is -3.60. The third kappa shape index (κ3) is 19.5. The van der Waals surface area contributed by atoms with Crippen molar-refractivity contribution in [2.45, 2.75) is 223 Å². The molecule has 2 unspecified atom stereocenters. The average Bonchev–Trinajstić information content (AvgIpc) is 2.13. The van der Waals surface area contributed by atoms with Crippen molar-refractivity contribution in [2.75, 3.05) is 33.4 Å². The molecule has 3 aliphatic rings. The topological polar surface area (TPSA) is 369 Å². The number of benzene rings is 2. The Labute approximate surface area is 495 Å².